The van der Waals surface area contributed by atoms with Crippen LogP contribution in [0.3, 0.4) is 0 Å². The van der Waals surface area contributed by atoms with E-state index in [4.69, 9.17) is 9.31 Å². The molecule has 1 saturated heterocycles. The van der Waals surface area contributed by atoms with Gasteiger partial charge < -0.3 is 9.31 Å². The fraction of sp³-hybridized carbons (Fsp3) is 0.286. The summed E-state index contributed by atoms with van der Waals surface area (Å²) in [5.74, 6) is 0. The van der Waals surface area contributed by atoms with Gasteiger partial charge in [-0.1, -0.05) is 54.6 Å². The summed E-state index contributed by atoms with van der Waals surface area (Å²) in [7, 11) is -0.261. The molecule has 1 aromatic carbocycles. The molecular weight excluding hydrogens is 211 g/mol. The molecule has 1 heterocycles. The van der Waals surface area contributed by atoms with Gasteiger partial charge in [-0.15, -0.1) is 0 Å². The van der Waals surface area contributed by atoms with Gasteiger partial charge in [-0.3, -0.25) is 0 Å². The predicted octanol–water partition coefficient (Wildman–Crippen LogP) is 2.33. The number of hydrogen-bond donors (Lipinski definition) is 0. The Balaban J connectivity index is 2.27. The smallest absolute Gasteiger partial charge is 0.404 e. The van der Waals surface area contributed by atoms with Gasteiger partial charge in [0.25, 0.3) is 0 Å². The maximum Gasteiger partial charge on any atom is 0.494 e. The third-order valence-electron chi connectivity index (χ3n) is 2.52. The highest BCUT2D eigenvalue weighted by Crippen LogP contribution is 2.18. The maximum atomic E-state index is 5.84. The summed E-state index contributed by atoms with van der Waals surface area (Å²) >= 11 is 0. The normalized spacial score (nSPS) is 17.6. The van der Waals surface area contributed by atoms with Crippen LogP contribution in [-0.2, 0) is 9.31 Å². The highest BCUT2D eigenvalue weighted by Gasteiger charge is 2.37. The van der Waals surface area contributed by atoms with Gasteiger partial charge >= 0.3 is 7.12 Å². The lowest BCUT2D eigenvalue weighted by Gasteiger charge is -2.15. The molecule has 0 spiro atoms. The highest BCUT2D eigenvalue weighted by molar-refractivity contribution is 6.61. The van der Waals surface area contributed by atoms with E-state index in [1.807, 2.05) is 68.4 Å². The summed E-state index contributed by atoms with van der Waals surface area (Å²) < 4.78 is 11.5. The Hall–Kier alpha value is -1.32. The predicted molar refractivity (Wildman–Crippen MR) is 70.6 cm³/mol. The summed E-state index contributed by atoms with van der Waals surface area (Å²) in [6.07, 6.45) is 0. The molecule has 1 aliphatic heterocycles. The molecule has 1 aromatic rings. The largest absolute Gasteiger partial charge is 0.494 e. The lowest BCUT2D eigenvalue weighted by atomic mass is 9.80. The standard InChI is InChI=1S/C14H17BO2/c1-14(2)12-16-15(17-14)13-10-8-6-4-3-5-7-9-11-13/h3-11H,12H2,1-2H3. The first kappa shape index (κ1) is 12.2. The van der Waals surface area contributed by atoms with Gasteiger partial charge in [0.05, 0.1) is 12.2 Å². The van der Waals surface area contributed by atoms with Crippen molar-refractivity contribution >= 4 is 12.6 Å². The minimum Gasteiger partial charge on any atom is -0.404 e. The van der Waals surface area contributed by atoms with Crippen molar-refractivity contribution in [3.8, 4) is 0 Å². The molecule has 0 saturated carbocycles. The van der Waals surface area contributed by atoms with Crippen molar-refractivity contribution in [3.05, 3.63) is 54.6 Å². The summed E-state index contributed by atoms with van der Waals surface area (Å²) in [6.45, 7) is 4.70. The highest BCUT2D eigenvalue weighted by atomic mass is 16.7. The lowest BCUT2D eigenvalue weighted by molar-refractivity contribution is 0.137. The first-order chi connectivity index (χ1) is 8.17. The van der Waals surface area contributed by atoms with E-state index < -0.39 is 0 Å². The molecule has 3 heteroatoms. The average molecular weight is 228 g/mol. The van der Waals surface area contributed by atoms with Gasteiger partial charge in [-0.05, 0) is 19.3 Å². The van der Waals surface area contributed by atoms with Gasteiger partial charge in [0, 0.05) is 0 Å². The SMILES string of the molecule is CC1(C)COB(c2ccccccccc2)O1. The Morgan fingerprint density at radius 1 is 0.941 bits per heavy atom. The second-order valence-electron chi connectivity index (χ2n) is 4.70. The van der Waals surface area contributed by atoms with E-state index in [0.29, 0.717) is 6.61 Å². The van der Waals surface area contributed by atoms with E-state index in [-0.39, 0.29) is 12.7 Å². The summed E-state index contributed by atoms with van der Waals surface area (Å²) in [4.78, 5) is 0. The quantitative estimate of drug-likeness (QED) is 0.687. The van der Waals surface area contributed by atoms with Crippen LogP contribution in [0.5, 0.6) is 0 Å². The van der Waals surface area contributed by atoms with E-state index in [1.54, 1.807) is 0 Å². The van der Waals surface area contributed by atoms with Crippen molar-refractivity contribution in [3.63, 3.8) is 0 Å². The minimum absolute atomic E-state index is 0.200. The Morgan fingerprint density at radius 3 is 1.94 bits per heavy atom. The van der Waals surface area contributed by atoms with Crippen molar-refractivity contribution in [1.29, 1.82) is 0 Å². The number of hydrogen-bond acceptors (Lipinski definition) is 2. The van der Waals surface area contributed by atoms with Gasteiger partial charge in [-0.25, -0.2) is 0 Å². The Kier molecular flexibility index (Phi) is 3.82. The molecule has 0 N–H and O–H groups in total. The number of rotatable bonds is 1. The zero-order chi connectivity index (χ0) is 12.1. The van der Waals surface area contributed by atoms with Gasteiger partial charge in [-0.2, -0.15) is 0 Å². The zero-order valence-corrected chi connectivity index (χ0v) is 10.3. The molecule has 2 rings (SSSR count). The molecule has 0 aliphatic carbocycles. The van der Waals surface area contributed by atoms with Crippen LogP contribution >= 0.6 is 0 Å². The molecule has 0 atom stereocenters. The van der Waals surface area contributed by atoms with Crippen molar-refractivity contribution in [2.75, 3.05) is 6.61 Å². The second kappa shape index (κ2) is 5.34. The van der Waals surface area contributed by atoms with E-state index in [1.165, 1.54) is 0 Å². The molecule has 1 fully saturated rings. The fourth-order valence-electron chi connectivity index (χ4n) is 1.67. The monoisotopic (exact) mass is 228 g/mol. The van der Waals surface area contributed by atoms with Crippen molar-refractivity contribution in [2.45, 2.75) is 19.4 Å². The van der Waals surface area contributed by atoms with Crippen LogP contribution in [0.15, 0.2) is 54.6 Å². The van der Waals surface area contributed by atoms with Gasteiger partial charge in [0.2, 0.25) is 0 Å². The van der Waals surface area contributed by atoms with Crippen LogP contribution in [0.25, 0.3) is 0 Å². The van der Waals surface area contributed by atoms with Crippen LogP contribution in [0.4, 0.5) is 0 Å². The Bertz CT molecular complexity index is 405. The van der Waals surface area contributed by atoms with Crippen LogP contribution in [0.1, 0.15) is 13.8 Å². The first-order valence-corrected chi connectivity index (χ1v) is 5.85. The van der Waals surface area contributed by atoms with Crippen LogP contribution in [0.2, 0.25) is 0 Å². The fourth-order valence-corrected chi connectivity index (χ4v) is 1.67. The first-order valence-electron chi connectivity index (χ1n) is 5.85. The third kappa shape index (κ3) is 3.58. The van der Waals surface area contributed by atoms with E-state index in [2.05, 4.69) is 0 Å². The van der Waals surface area contributed by atoms with Crippen molar-refractivity contribution in [1.82, 2.24) is 0 Å². The van der Waals surface area contributed by atoms with Gasteiger partial charge in [0.15, 0.2) is 0 Å². The average Bonchev–Trinajstić information content (AvgIpc) is 2.66. The molecule has 0 unspecified atom stereocenters. The van der Waals surface area contributed by atoms with Crippen molar-refractivity contribution in [2.24, 2.45) is 0 Å². The Morgan fingerprint density at radius 2 is 1.47 bits per heavy atom. The van der Waals surface area contributed by atoms with E-state index in [9.17, 15) is 0 Å². The molecule has 0 amide bonds. The van der Waals surface area contributed by atoms with E-state index in [0.717, 1.165) is 5.46 Å². The Labute approximate surface area is 103 Å². The topological polar surface area (TPSA) is 18.5 Å². The van der Waals surface area contributed by atoms with E-state index >= 15 is 0 Å². The molecule has 2 nitrogen and oxygen atoms in total. The molecule has 17 heavy (non-hydrogen) atoms. The minimum atomic E-state index is -0.261. The lowest BCUT2D eigenvalue weighted by Crippen LogP contribution is -2.33. The molecule has 1 aliphatic rings. The van der Waals surface area contributed by atoms with Crippen LogP contribution < -0.4 is 5.46 Å². The molecular formula is C14H17BO2. The molecule has 0 bridgehead atoms. The summed E-state index contributed by atoms with van der Waals surface area (Å²) in [5, 5.41) is 0. The summed E-state index contributed by atoms with van der Waals surface area (Å²) in [5.41, 5.74) is 0.834. The second-order valence-corrected chi connectivity index (χ2v) is 4.70. The third-order valence-corrected chi connectivity index (χ3v) is 2.52. The molecule has 0 radical (unpaired) electrons. The van der Waals surface area contributed by atoms with Crippen molar-refractivity contribution < 1.29 is 9.31 Å². The van der Waals surface area contributed by atoms with Gasteiger partial charge in [0.1, 0.15) is 0 Å². The zero-order valence-electron chi connectivity index (χ0n) is 10.3. The maximum absolute atomic E-state index is 5.84. The van der Waals surface area contributed by atoms with Crippen LogP contribution in [0, 0.1) is 0 Å². The van der Waals surface area contributed by atoms with Crippen LogP contribution in [-0.4, -0.2) is 19.3 Å². The molecule has 88 valence electrons. The molecule has 0 aromatic heterocycles. The summed E-state index contributed by atoms with van der Waals surface area (Å²) in [6, 6.07) is 18.0.